The van der Waals surface area contributed by atoms with E-state index in [2.05, 4.69) is 0 Å². The molecule has 0 saturated carbocycles. The van der Waals surface area contributed by atoms with Crippen LogP contribution in [0.25, 0.3) is 11.0 Å². The Morgan fingerprint density at radius 2 is 1.77 bits per heavy atom. The van der Waals surface area contributed by atoms with E-state index in [1.165, 1.54) is 0 Å². The molecule has 0 unspecified atom stereocenters. The van der Waals surface area contributed by atoms with Crippen molar-refractivity contribution in [2.24, 2.45) is 0 Å². The van der Waals surface area contributed by atoms with E-state index in [4.69, 9.17) is 9.15 Å². The lowest BCUT2D eigenvalue weighted by Crippen LogP contribution is -2.24. The minimum Gasteiger partial charge on any atom is -0.482 e. The van der Waals surface area contributed by atoms with E-state index in [-0.39, 0.29) is 11.4 Å². The van der Waals surface area contributed by atoms with Gasteiger partial charge < -0.3 is 9.15 Å². The van der Waals surface area contributed by atoms with Crippen LogP contribution in [0.2, 0.25) is 0 Å². The van der Waals surface area contributed by atoms with E-state index < -0.39 is 6.10 Å². The smallest absolute Gasteiger partial charge is 0.339 e. The van der Waals surface area contributed by atoms with Crippen molar-refractivity contribution in [1.29, 1.82) is 0 Å². The van der Waals surface area contributed by atoms with Gasteiger partial charge in [-0.2, -0.15) is 0 Å². The highest BCUT2D eigenvalue weighted by Crippen LogP contribution is 2.30. The number of benzene rings is 2. The zero-order chi connectivity index (χ0) is 18.8. The molecule has 0 bridgehead atoms. The first kappa shape index (κ1) is 17.9. The van der Waals surface area contributed by atoms with Gasteiger partial charge in [0.2, 0.25) is 5.78 Å². The van der Waals surface area contributed by atoms with E-state index in [0.29, 0.717) is 28.9 Å². The number of hydrogen-bond donors (Lipinski definition) is 0. The van der Waals surface area contributed by atoms with Crippen LogP contribution in [0.5, 0.6) is 5.75 Å². The van der Waals surface area contributed by atoms with E-state index in [1.54, 1.807) is 19.1 Å². The maximum absolute atomic E-state index is 12.5. The maximum Gasteiger partial charge on any atom is 0.339 e. The molecule has 4 heteroatoms. The average Bonchev–Trinajstić information content (AvgIpc) is 2.65. The van der Waals surface area contributed by atoms with Crippen LogP contribution in [0.4, 0.5) is 0 Å². The summed E-state index contributed by atoms with van der Waals surface area (Å²) in [4.78, 5) is 24.7. The van der Waals surface area contributed by atoms with Gasteiger partial charge in [0.1, 0.15) is 11.3 Å². The minimum absolute atomic E-state index is 0.0935. The fraction of sp³-hybridized carbons (Fsp3) is 0.273. The first-order chi connectivity index (χ1) is 12.4. The van der Waals surface area contributed by atoms with E-state index >= 15 is 0 Å². The number of carbonyl (C=O) groups is 1. The number of hydrogen-bond acceptors (Lipinski definition) is 4. The van der Waals surface area contributed by atoms with Gasteiger partial charge in [-0.1, -0.05) is 37.3 Å². The quantitative estimate of drug-likeness (QED) is 0.497. The Hall–Kier alpha value is -2.88. The molecular weight excluding hydrogens is 328 g/mol. The van der Waals surface area contributed by atoms with E-state index in [1.807, 2.05) is 51.1 Å². The molecule has 0 aliphatic rings. The number of rotatable bonds is 5. The molecule has 1 heterocycles. The molecule has 0 radical (unpaired) electrons. The van der Waals surface area contributed by atoms with Crippen LogP contribution < -0.4 is 10.4 Å². The molecule has 2 aromatic carbocycles. The zero-order valence-corrected chi connectivity index (χ0v) is 15.5. The number of aryl methyl sites for hydroxylation is 2. The summed E-state index contributed by atoms with van der Waals surface area (Å²) >= 11 is 0. The van der Waals surface area contributed by atoms with Gasteiger partial charge in [-0.05, 0) is 44.9 Å². The van der Waals surface area contributed by atoms with Gasteiger partial charge >= 0.3 is 5.63 Å². The monoisotopic (exact) mass is 350 g/mol. The second-order valence-electron chi connectivity index (χ2n) is 6.40. The largest absolute Gasteiger partial charge is 0.482 e. The summed E-state index contributed by atoms with van der Waals surface area (Å²) in [6.07, 6.45) is -0.0133. The van der Waals surface area contributed by atoms with Gasteiger partial charge in [0, 0.05) is 22.1 Å². The first-order valence-corrected chi connectivity index (χ1v) is 8.75. The standard InChI is InChI=1S/C22H22O4/c1-5-17-13(2)18-11-12-19(14(3)21(18)26-22(17)24)25-15(4)20(23)16-9-7-6-8-10-16/h6-12,15H,5H2,1-4H3/t15-/m0/s1. The van der Waals surface area contributed by atoms with Crippen molar-refractivity contribution < 1.29 is 13.9 Å². The molecule has 0 amide bonds. The minimum atomic E-state index is -0.642. The van der Waals surface area contributed by atoms with Crippen molar-refractivity contribution in [2.45, 2.75) is 40.2 Å². The van der Waals surface area contributed by atoms with Gasteiger partial charge in [0.25, 0.3) is 0 Å². The lowest BCUT2D eigenvalue weighted by Gasteiger charge is -2.17. The third kappa shape index (κ3) is 3.15. The predicted molar refractivity (Wildman–Crippen MR) is 102 cm³/mol. The summed E-state index contributed by atoms with van der Waals surface area (Å²) in [6, 6.07) is 12.8. The highest BCUT2D eigenvalue weighted by atomic mass is 16.5. The Labute approximate surface area is 152 Å². The highest BCUT2D eigenvalue weighted by Gasteiger charge is 2.19. The molecule has 0 aliphatic heterocycles. The highest BCUT2D eigenvalue weighted by molar-refractivity contribution is 5.99. The lowest BCUT2D eigenvalue weighted by atomic mass is 10.0. The van der Waals surface area contributed by atoms with Gasteiger partial charge in [0.15, 0.2) is 6.10 Å². The molecule has 0 aliphatic carbocycles. The fourth-order valence-electron chi connectivity index (χ4n) is 3.19. The van der Waals surface area contributed by atoms with Crippen molar-refractivity contribution in [3.63, 3.8) is 0 Å². The van der Waals surface area contributed by atoms with Crippen LogP contribution in [0.3, 0.4) is 0 Å². The van der Waals surface area contributed by atoms with Crippen molar-refractivity contribution in [3.8, 4) is 5.75 Å². The normalized spacial score (nSPS) is 12.2. The third-order valence-corrected chi connectivity index (χ3v) is 4.74. The molecule has 1 atom stereocenters. The molecule has 0 spiro atoms. The summed E-state index contributed by atoms with van der Waals surface area (Å²) in [5.41, 5.74) is 3.15. The van der Waals surface area contributed by atoms with Crippen molar-refractivity contribution >= 4 is 16.8 Å². The van der Waals surface area contributed by atoms with Crippen molar-refractivity contribution in [1.82, 2.24) is 0 Å². The summed E-state index contributed by atoms with van der Waals surface area (Å²) in [5, 5.41) is 0.897. The molecule has 1 aromatic heterocycles. The summed E-state index contributed by atoms with van der Waals surface area (Å²) in [6.45, 7) is 7.43. The van der Waals surface area contributed by atoms with Gasteiger partial charge in [-0.15, -0.1) is 0 Å². The van der Waals surface area contributed by atoms with E-state index in [9.17, 15) is 9.59 Å². The Morgan fingerprint density at radius 3 is 2.42 bits per heavy atom. The molecule has 0 fully saturated rings. The van der Waals surface area contributed by atoms with Crippen molar-refractivity contribution in [3.05, 3.63) is 75.1 Å². The lowest BCUT2D eigenvalue weighted by molar-refractivity contribution is 0.0817. The predicted octanol–water partition coefficient (Wildman–Crippen LogP) is 4.62. The van der Waals surface area contributed by atoms with E-state index in [0.717, 1.165) is 16.5 Å². The summed E-state index contributed by atoms with van der Waals surface area (Å²) in [7, 11) is 0. The van der Waals surface area contributed by atoms with Crippen LogP contribution in [-0.2, 0) is 6.42 Å². The molecule has 0 N–H and O–H groups in total. The third-order valence-electron chi connectivity index (χ3n) is 4.74. The molecule has 3 rings (SSSR count). The van der Waals surface area contributed by atoms with Gasteiger partial charge in [-0.25, -0.2) is 4.79 Å². The first-order valence-electron chi connectivity index (χ1n) is 8.75. The van der Waals surface area contributed by atoms with Crippen LogP contribution in [0.1, 0.15) is 40.9 Å². The maximum atomic E-state index is 12.5. The average molecular weight is 350 g/mol. The number of carbonyl (C=O) groups excluding carboxylic acids is 1. The Morgan fingerprint density at radius 1 is 1.08 bits per heavy atom. The molecule has 4 nitrogen and oxygen atoms in total. The SMILES string of the molecule is CCc1c(C)c2ccc(O[C@@H](C)C(=O)c3ccccc3)c(C)c2oc1=O. The Bertz CT molecular complexity index is 1020. The number of ketones is 1. The van der Waals surface area contributed by atoms with Gasteiger partial charge in [-0.3, -0.25) is 4.79 Å². The Balaban J connectivity index is 1.98. The zero-order valence-electron chi connectivity index (χ0n) is 15.5. The summed E-state index contributed by atoms with van der Waals surface area (Å²) < 4.78 is 11.4. The topological polar surface area (TPSA) is 56.5 Å². The fourth-order valence-corrected chi connectivity index (χ4v) is 3.19. The van der Waals surface area contributed by atoms with Gasteiger partial charge in [0.05, 0.1) is 0 Å². The second kappa shape index (κ2) is 7.16. The molecule has 26 heavy (non-hydrogen) atoms. The Kier molecular flexibility index (Phi) is 4.94. The second-order valence-corrected chi connectivity index (χ2v) is 6.40. The van der Waals surface area contributed by atoms with Crippen LogP contribution in [-0.4, -0.2) is 11.9 Å². The van der Waals surface area contributed by atoms with Crippen molar-refractivity contribution in [2.75, 3.05) is 0 Å². The van der Waals surface area contributed by atoms with Crippen LogP contribution in [0.15, 0.2) is 51.7 Å². The molecule has 134 valence electrons. The molecular formula is C22H22O4. The molecule has 3 aromatic rings. The number of ether oxygens (including phenoxy) is 1. The molecule has 0 saturated heterocycles. The number of Topliss-reactive ketones (excluding diaryl/α,β-unsaturated/α-hetero) is 1. The number of fused-ring (bicyclic) bond motifs is 1. The summed E-state index contributed by atoms with van der Waals surface area (Å²) in [5.74, 6) is 0.449. The van der Waals surface area contributed by atoms with Crippen LogP contribution >= 0.6 is 0 Å². The van der Waals surface area contributed by atoms with Crippen LogP contribution in [0, 0.1) is 13.8 Å².